The van der Waals surface area contributed by atoms with Crippen molar-refractivity contribution >= 4 is 37.9 Å². The monoisotopic (exact) mass is 691 g/mol. The van der Waals surface area contributed by atoms with Crippen molar-refractivity contribution in [2.24, 2.45) is 23.2 Å². The number of carbonyl (C=O) groups excluding carboxylic acids is 1. The van der Waals surface area contributed by atoms with Crippen molar-refractivity contribution in [3.63, 3.8) is 0 Å². The Bertz CT molecular complexity index is 1610. The summed E-state index contributed by atoms with van der Waals surface area (Å²) in [5.74, 6) is 3.54. The van der Waals surface area contributed by atoms with Crippen LogP contribution < -0.4 is 26.5 Å². The normalized spacial score (nSPS) is 24.9. The van der Waals surface area contributed by atoms with E-state index in [4.69, 9.17) is 22.0 Å². The van der Waals surface area contributed by atoms with Crippen LogP contribution in [0.5, 0.6) is 0 Å². The summed E-state index contributed by atoms with van der Waals surface area (Å²) in [6.07, 6.45) is 13.1. The second-order valence-electron chi connectivity index (χ2n) is 12.5. The predicted octanol–water partition coefficient (Wildman–Crippen LogP) is 5.94. The number of anilines is 1. The Morgan fingerprint density at radius 1 is 1.02 bits per heavy atom. The Kier molecular flexibility index (Phi) is 7.86. The van der Waals surface area contributed by atoms with Crippen LogP contribution in [0, 0.1) is 28.6 Å². The van der Waals surface area contributed by atoms with Crippen molar-refractivity contribution in [2.75, 3.05) is 9.74 Å². The Morgan fingerprint density at radius 3 is 2.67 bits per heavy atom. The minimum absolute atomic E-state index is 0.172. The van der Waals surface area contributed by atoms with E-state index in [1.807, 2.05) is 30.3 Å². The Morgan fingerprint density at radius 2 is 1.83 bits per heavy atom. The molecule has 7 heteroatoms. The molecular formula is C35H37ClIN4O-. The summed E-state index contributed by atoms with van der Waals surface area (Å²) < 4.78 is 2.06. The van der Waals surface area contributed by atoms with Crippen LogP contribution in [0.25, 0.3) is 22.4 Å². The zero-order chi connectivity index (χ0) is 28.7. The second kappa shape index (κ2) is 11.8. The van der Waals surface area contributed by atoms with Crippen molar-refractivity contribution in [1.29, 1.82) is 5.41 Å². The number of amides is 1. The van der Waals surface area contributed by atoms with Gasteiger partial charge in [-0.1, -0.05) is 11.6 Å². The number of hydrogen-bond donors (Lipinski definition) is 3. The number of nitrogens with one attached hydrogen (secondary N) is 3. The molecule has 218 valence electrons. The Balaban J connectivity index is 0.965. The number of alkyl halides is 1. The number of carbonyl (C=O) groups is 1. The van der Waals surface area contributed by atoms with E-state index in [1.165, 1.54) is 62.2 Å². The van der Waals surface area contributed by atoms with Gasteiger partial charge in [0, 0.05) is 10.7 Å². The molecular weight excluding hydrogens is 655 g/mol. The molecule has 3 aromatic carbocycles. The molecule has 4 atom stereocenters. The zero-order valence-electron chi connectivity index (χ0n) is 23.8. The third-order valence-electron chi connectivity index (χ3n) is 10.2. The predicted molar refractivity (Wildman–Crippen MR) is 167 cm³/mol. The van der Waals surface area contributed by atoms with Crippen LogP contribution in [0.4, 0.5) is 5.69 Å². The van der Waals surface area contributed by atoms with Gasteiger partial charge in [-0.15, -0.1) is 0 Å². The van der Waals surface area contributed by atoms with Gasteiger partial charge in [-0.05, 0) is 24.3 Å². The molecule has 3 N–H and O–H groups in total. The molecule has 7 rings (SSSR count). The molecule has 3 saturated carbocycles. The molecule has 42 heavy (non-hydrogen) atoms. The summed E-state index contributed by atoms with van der Waals surface area (Å²) in [5, 5.41) is 12.4. The first-order valence-corrected chi connectivity index (χ1v) is 18.3. The van der Waals surface area contributed by atoms with Gasteiger partial charge >= 0.3 is 218 Å². The van der Waals surface area contributed by atoms with Gasteiger partial charge in [-0.25, -0.2) is 0 Å². The van der Waals surface area contributed by atoms with Gasteiger partial charge in [-0.2, -0.15) is 0 Å². The maximum atomic E-state index is 12.7. The molecule has 5 nitrogen and oxygen atoms in total. The SMILES string of the molecule is N=C([I-]CC[C@@H]1C[C@H]2C[C@H]3CCCCCC12C3)c1ccc2nc(-c3ccc(C(=O)Nc4ccc(Cl)cc4)cc3)[nH]c2c1. The van der Waals surface area contributed by atoms with Crippen molar-refractivity contribution in [3.05, 3.63) is 82.9 Å². The molecule has 3 fully saturated rings. The summed E-state index contributed by atoms with van der Waals surface area (Å²) in [5.41, 5.74) is 5.74. The number of rotatable bonds is 8. The van der Waals surface area contributed by atoms with E-state index >= 15 is 0 Å². The van der Waals surface area contributed by atoms with Gasteiger partial charge in [0.25, 0.3) is 0 Å². The third-order valence-corrected chi connectivity index (χ3v) is 13.0. The van der Waals surface area contributed by atoms with E-state index in [9.17, 15) is 4.79 Å². The van der Waals surface area contributed by atoms with Crippen molar-refractivity contribution in [3.8, 4) is 11.4 Å². The molecule has 1 heterocycles. The summed E-state index contributed by atoms with van der Waals surface area (Å²) in [7, 11) is 0. The Labute approximate surface area is 263 Å². The van der Waals surface area contributed by atoms with Crippen LogP contribution in [-0.2, 0) is 0 Å². The second-order valence-corrected chi connectivity index (χ2v) is 15.9. The van der Waals surface area contributed by atoms with Crippen molar-refractivity contribution in [1.82, 2.24) is 9.97 Å². The third kappa shape index (κ3) is 5.52. The molecule has 1 aromatic heterocycles. The van der Waals surface area contributed by atoms with E-state index in [1.54, 1.807) is 24.3 Å². The van der Waals surface area contributed by atoms with E-state index < -0.39 is 0 Å². The molecule has 0 radical (unpaired) electrons. The van der Waals surface area contributed by atoms with Gasteiger partial charge in [0.2, 0.25) is 0 Å². The van der Waals surface area contributed by atoms with Gasteiger partial charge in [0.1, 0.15) is 0 Å². The molecule has 3 aliphatic rings. The van der Waals surface area contributed by atoms with E-state index in [0.29, 0.717) is 21.7 Å². The van der Waals surface area contributed by atoms with Crippen LogP contribution in [0.2, 0.25) is 5.02 Å². The van der Waals surface area contributed by atoms with Gasteiger partial charge in [-0.3, -0.25) is 0 Å². The summed E-state index contributed by atoms with van der Waals surface area (Å²) in [6.45, 7) is 0. The molecule has 3 aliphatic carbocycles. The minimum atomic E-state index is -0.296. The van der Waals surface area contributed by atoms with Crippen LogP contribution in [0.1, 0.15) is 73.7 Å². The molecule has 0 saturated heterocycles. The zero-order valence-corrected chi connectivity index (χ0v) is 26.7. The average Bonchev–Trinajstić information content (AvgIpc) is 3.54. The molecule has 0 aliphatic heterocycles. The first-order chi connectivity index (χ1) is 20.5. The molecule has 1 unspecified atom stereocenters. The number of imidazole rings is 1. The van der Waals surface area contributed by atoms with E-state index in [-0.39, 0.29) is 27.1 Å². The fourth-order valence-electron chi connectivity index (χ4n) is 8.03. The Hall–Kier alpha value is -2.71. The number of aromatic amines is 1. The molecule has 2 bridgehead atoms. The number of nitrogens with zero attached hydrogens (tertiary/aromatic N) is 1. The van der Waals surface area contributed by atoms with Crippen LogP contribution in [-0.4, -0.2) is 24.0 Å². The fraction of sp³-hybridized carbons (Fsp3) is 0.400. The first kappa shape index (κ1) is 28.1. The number of halogens is 2. The summed E-state index contributed by atoms with van der Waals surface area (Å²) in [4.78, 5) is 20.9. The van der Waals surface area contributed by atoms with Crippen LogP contribution in [0.15, 0.2) is 66.7 Å². The van der Waals surface area contributed by atoms with E-state index in [0.717, 1.165) is 49.5 Å². The van der Waals surface area contributed by atoms with Crippen LogP contribution in [0.3, 0.4) is 0 Å². The molecule has 1 spiro atoms. The number of fused-ring (bicyclic) bond motifs is 2. The number of aromatic nitrogens is 2. The summed E-state index contributed by atoms with van der Waals surface area (Å²) in [6, 6.07) is 20.7. The van der Waals surface area contributed by atoms with Crippen molar-refractivity contribution in [2.45, 2.75) is 57.8 Å². The number of benzene rings is 3. The number of hydrogen-bond acceptors (Lipinski definition) is 3. The van der Waals surface area contributed by atoms with Crippen molar-refractivity contribution < 1.29 is 26.0 Å². The van der Waals surface area contributed by atoms with Gasteiger partial charge < -0.3 is 0 Å². The maximum absolute atomic E-state index is 12.7. The van der Waals surface area contributed by atoms with Crippen LogP contribution >= 0.6 is 11.6 Å². The first-order valence-electron chi connectivity index (χ1n) is 15.3. The fourth-order valence-corrected chi connectivity index (χ4v) is 10.5. The number of H-pyrrole nitrogens is 1. The standard InChI is InChI=1S/C35H37ClIN4O/c36-28-10-12-29(13-11-28)39-34(42)24-7-5-23(6-8-24)33-40-30-14-9-25(19-31(30)41-33)32(38)37-17-15-26-20-27-18-22-4-2-1-3-16-35(26,27)21-22/h5-14,19,22,26-27,38H,1-4,15-18,20-21H2,(H,39,42)(H,40,41)/q-1/t22-,26-,27-,35?/m1/s1. The summed E-state index contributed by atoms with van der Waals surface area (Å²) >= 11 is 5.64. The topological polar surface area (TPSA) is 81.6 Å². The van der Waals surface area contributed by atoms with Gasteiger partial charge in [0.15, 0.2) is 0 Å². The van der Waals surface area contributed by atoms with E-state index in [2.05, 4.69) is 22.4 Å². The van der Waals surface area contributed by atoms with Gasteiger partial charge in [0.05, 0.1) is 0 Å². The molecule has 1 amide bonds. The molecule has 4 aromatic rings. The average molecular weight is 692 g/mol. The quantitative estimate of drug-likeness (QED) is 0.122.